The summed E-state index contributed by atoms with van der Waals surface area (Å²) in [5.41, 5.74) is -2.06. The predicted octanol–water partition coefficient (Wildman–Crippen LogP) is -2.29. The first kappa shape index (κ1) is 27.3. The van der Waals surface area contributed by atoms with Gasteiger partial charge in [0, 0.05) is 36.4 Å². The minimum atomic E-state index is -4.53. The van der Waals surface area contributed by atoms with E-state index in [4.69, 9.17) is 14.0 Å². The van der Waals surface area contributed by atoms with E-state index >= 15 is 0 Å². The molecule has 0 amide bonds. The van der Waals surface area contributed by atoms with E-state index in [9.17, 15) is 38.8 Å². The van der Waals surface area contributed by atoms with Crippen LogP contribution in [0, 0.1) is 13.8 Å². The first-order valence-electron chi connectivity index (χ1n) is 11.4. The van der Waals surface area contributed by atoms with Crippen LogP contribution in [-0.2, 0) is 18.6 Å². The Labute approximate surface area is 208 Å². The number of nitrogens with zero attached hydrogens (tertiary/aromatic N) is 2. The fourth-order valence-corrected chi connectivity index (χ4v) is 5.38. The number of hydrogen-bond acceptors (Lipinski definition) is 10. The van der Waals surface area contributed by atoms with Crippen LogP contribution in [-0.4, -0.2) is 71.8 Å². The molecule has 0 spiro atoms. The molecule has 1 unspecified atom stereocenters. The van der Waals surface area contributed by atoms with Crippen molar-refractivity contribution >= 4 is 7.75 Å². The molecule has 2 aliphatic heterocycles. The van der Waals surface area contributed by atoms with Crippen molar-refractivity contribution < 1.29 is 33.7 Å². The Morgan fingerprint density at radius 1 is 1.00 bits per heavy atom. The van der Waals surface area contributed by atoms with Gasteiger partial charge in [-0.15, -0.1) is 0 Å². The zero-order valence-electron chi connectivity index (χ0n) is 19.9. The molecule has 2 aromatic rings. The van der Waals surface area contributed by atoms with Crippen molar-refractivity contribution in [3.8, 4) is 0 Å². The number of aliphatic hydroxyl groups is 2. The van der Waals surface area contributed by atoms with Crippen molar-refractivity contribution in [2.45, 2.75) is 63.5 Å². The lowest BCUT2D eigenvalue weighted by molar-refractivity contribution is -0.0435. The average Bonchev–Trinajstić information content (AvgIpc) is 3.39. The Kier molecular flexibility index (Phi) is 7.83. The number of nitrogens with one attached hydrogen (secondary N) is 3. The number of aromatic nitrogens is 4. The van der Waals surface area contributed by atoms with E-state index in [0.29, 0.717) is 0 Å². The molecule has 6 N–H and O–H groups in total. The van der Waals surface area contributed by atoms with E-state index in [-0.39, 0.29) is 24.0 Å². The first-order valence-corrected chi connectivity index (χ1v) is 13.0. The van der Waals surface area contributed by atoms with E-state index in [2.05, 4.69) is 15.1 Å². The van der Waals surface area contributed by atoms with E-state index in [1.54, 1.807) is 0 Å². The van der Waals surface area contributed by atoms with Gasteiger partial charge in [-0.3, -0.25) is 33.2 Å². The number of H-pyrrole nitrogens is 2. The third kappa shape index (κ3) is 5.91. The molecule has 37 heavy (non-hydrogen) atoms. The molecule has 4 heterocycles. The molecule has 2 aliphatic rings. The van der Waals surface area contributed by atoms with Crippen molar-refractivity contribution in [2.24, 2.45) is 0 Å². The molecule has 2 fully saturated rings. The van der Waals surface area contributed by atoms with Crippen molar-refractivity contribution in [2.75, 3.05) is 13.2 Å². The van der Waals surface area contributed by atoms with Gasteiger partial charge in [-0.1, -0.05) is 0 Å². The summed E-state index contributed by atoms with van der Waals surface area (Å²) < 4.78 is 31.3. The van der Waals surface area contributed by atoms with Crippen molar-refractivity contribution in [3.63, 3.8) is 0 Å². The maximum atomic E-state index is 12.7. The molecule has 0 aromatic carbocycles. The summed E-state index contributed by atoms with van der Waals surface area (Å²) in [5, 5.41) is 22.4. The molecule has 17 heteroatoms. The third-order valence-electron chi connectivity index (χ3n) is 6.28. The van der Waals surface area contributed by atoms with Crippen LogP contribution in [0.25, 0.3) is 0 Å². The van der Waals surface area contributed by atoms with Crippen LogP contribution in [0.15, 0.2) is 31.6 Å². The summed E-state index contributed by atoms with van der Waals surface area (Å²) in [4.78, 5) is 62.1. The van der Waals surface area contributed by atoms with Gasteiger partial charge in [-0.25, -0.2) is 19.2 Å². The standard InChI is InChI=1S/C20H28N5O11P/c1-9-5-24(19(30)21-17(9)28)15-3-11(13(7-26)35-15)23-37(32,33)34-8-14-12(27)4-16(36-14)25-6-10(2)18(29)22-20(25)31/h5-6,11-16,26-27H,3-4,7-8H2,1-2H3,(H,21,28,30)(H,22,29,31)(H2,23,32,33)/t11-,12-,13+,14+,15+,16+/m0/s1. The molecule has 2 saturated heterocycles. The van der Waals surface area contributed by atoms with Gasteiger partial charge in [0.1, 0.15) is 18.6 Å². The van der Waals surface area contributed by atoms with Crippen LogP contribution in [0.4, 0.5) is 0 Å². The van der Waals surface area contributed by atoms with E-state index < -0.39 is 80.3 Å². The molecular formula is C20H28N5O11P. The lowest BCUT2D eigenvalue weighted by atomic mass is 10.1. The smallest absolute Gasteiger partial charge is 0.394 e. The van der Waals surface area contributed by atoms with Crippen LogP contribution in [0.5, 0.6) is 0 Å². The maximum absolute atomic E-state index is 12.7. The Morgan fingerprint density at radius 3 is 2.05 bits per heavy atom. The second-order valence-electron chi connectivity index (χ2n) is 8.99. The van der Waals surface area contributed by atoms with Crippen LogP contribution in [0.3, 0.4) is 0 Å². The predicted molar refractivity (Wildman–Crippen MR) is 125 cm³/mol. The number of aryl methyl sites for hydroxylation is 2. The van der Waals surface area contributed by atoms with Gasteiger partial charge in [0.15, 0.2) is 0 Å². The third-order valence-corrected chi connectivity index (χ3v) is 7.43. The average molecular weight is 545 g/mol. The second kappa shape index (κ2) is 10.6. The van der Waals surface area contributed by atoms with Gasteiger partial charge in [0.25, 0.3) is 11.1 Å². The normalized spacial score (nSPS) is 29.4. The van der Waals surface area contributed by atoms with Gasteiger partial charge < -0.3 is 24.6 Å². The Morgan fingerprint density at radius 2 is 1.51 bits per heavy atom. The molecule has 204 valence electrons. The van der Waals surface area contributed by atoms with Gasteiger partial charge in [0.05, 0.1) is 31.5 Å². The van der Waals surface area contributed by atoms with E-state index in [1.807, 2.05) is 0 Å². The van der Waals surface area contributed by atoms with Gasteiger partial charge in [-0.05, 0) is 13.8 Å². The van der Waals surface area contributed by atoms with Crippen LogP contribution in [0.1, 0.15) is 36.4 Å². The topological polar surface area (TPSA) is 227 Å². The summed E-state index contributed by atoms with van der Waals surface area (Å²) in [6, 6.07) is -0.908. The SMILES string of the molecule is Cc1cn([C@H]2C[C@H](NP(=O)(O)OC[C@H]3O[C@@H](n4cc(C)c(=O)[nH]c4=O)C[C@@H]3O)[C@@H](CO)O2)c(=O)[nH]c1=O. The van der Waals surface area contributed by atoms with E-state index in [0.717, 1.165) is 9.13 Å². The highest BCUT2D eigenvalue weighted by molar-refractivity contribution is 7.50. The Hall–Kier alpha value is -2.69. The molecule has 4 rings (SSSR count). The molecule has 0 aliphatic carbocycles. The molecule has 0 saturated carbocycles. The van der Waals surface area contributed by atoms with Crippen molar-refractivity contribution in [1.29, 1.82) is 0 Å². The van der Waals surface area contributed by atoms with Crippen molar-refractivity contribution in [1.82, 2.24) is 24.2 Å². The zero-order valence-corrected chi connectivity index (χ0v) is 20.8. The Balaban J connectivity index is 1.39. The molecule has 2 aromatic heterocycles. The molecule has 0 bridgehead atoms. The Bertz CT molecular complexity index is 1430. The fraction of sp³-hybridized carbons (Fsp3) is 0.600. The summed E-state index contributed by atoms with van der Waals surface area (Å²) in [7, 11) is -4.53. The number of rotatable bonds is 8. The van der Waals surface area contributed by atoms with Crippen LogP contribution < -0.4 is 27.6 Å². The van der Waals surface area contributed by atoms with Gasteiger partial charge >= 0.3 is 19.1 Å². The molecule has 0 radical (unpaired) electrons. The number of aliphatic hydroxyl groups excluding tert-OH is 2. The molecule has 16 nitrogen and oxygen atoms in total. The molecular weight excluding hydrogens is 517 g/mol. The molecule has 7 atom stereocenters. The quantitative estimate of drug-likeness (QED) is 0.193. The van der Waals surface area contributed by atoms with Gasteiger partial charge in [-0.2, -0.15) is 0 Å². The van der Waals surface area contributed by atoms with Crippen LogP contribution in [0.2, 0.25) is 0 Å². The van der Waals surface area contributed by atoms with Crippen LogP contribution >= 0.6 is 7.75 Å². The lowest BCUT2D eigenvalue weighted by Crippen LogP contribution is -2.37. The number of hydrogen-bond donors (Lipinski definition) is 6. The number of aromatic amines is 2. The lowest BCUT2D eigenvalue weighted by Gasteiger charge is -2.23. The summed E-state index contributed by atoms with van der Waals surface area (Å²) >= 11 is 0. The summed E-state index contributed by atoms with van der Waals surface area (Å²) in [6.07, 6.45) is -2.48. The second-order valence-corrected chi connectivity index (χ2v) is 10.5. The highest BCUT2D eigenvalue weighted by Crippen LogP contribution is 2.42. The minimum Gasteiger partial charge on any atom is -0.394 e. The largest absolute Gasteiger partial charge is 0.403 e. The van der Waals surface area contributed by atoms with Crippen molar-refractivity contribution in [3.05, 3.63) is 65.2 Å². The monoisotopic (exact) mass is 545 g/mol. The fourth-order valence-electron chi connectivity index (χ4n) is 4.26. The summed E-state index contributed by atoms with van der Waals surface area (Å²) in [6.45, 7) is 1.94. The zero-order chi connectivity index (χ0) is 27.1. The maximum Gasteiger partial charge on any atom is 0.403 e. The van der Waals surface area contributed by atoms with Gasteiger partial charge in [0.2, 0.25) is 0 Å². The first-order chi connectivity index (χ1) is 17.4. The highest BCUT2D eigenvalue weighted by Gasteiger charge is 2.42. The van der Waals surface area contributed by atoms with E-state index in [1.165, 1.54) is 26.2 Å². The summed E-state index contributed by atoms with van der Waals surface area (Å²) in [5.74, 6) is 0. The number of ether oxygens (including phenoxy) is 2. The highest BCUT2D eigenvalue weighted by atomic mass is 31.2. The minimum absolute atomic E-state index is 0.0103.